The average molecular weight is 926 g/mol. The Kier molecular flexibility index (Phi) is 43.5. The summed E-state index contributed by atoms with van der Waals surface area (Å²) in [6.45, 7) is 2.58. The number of nitrogens with two attached hydrogens (primary N) is 1. The lowest BCUT2D eigenvalue weighted by molar-refractivity contribution is -0.160. The Hall–Kier alpha value is -4.12. The molecule has 1 unspecified atom stereocenters. The molecule has 0 aromatic rings. The van der Waals surface area contributed by atoms with Gasteiger partial charge < -0.3 is 25.2 Å². The van der Waals surface area contributed by atoms with E-state index in [0.29, 0.717) is 12.8 Å². The third kappa shape index (κ3) is 46.2. The Morgan fingerprint density at radius 1 is 0.477 bits per heavy atom. The summed E-state index contributed by atoms with van der Waals surface area (Å²) in [6.07, 6.45) is 63.2. The Balaban J connectivity index is 4.61. The summed E-state index contributed by atoms with van der Waals surface area (Å²) >= 11 is 0. The molecule has 0 aromatic carbocycles. The summed E-state index contributed by atoms with van der Waals surface area (Å²) in [5.41, 5.74) is 5.33. The van der Waals surface area contributed by atoms with Gasteiger partial charge in [-0.3, -0.25) is 23.4 Å². The maximum Gasteiger partial charge on any atom is 0.472 e. The van der Waals surface area contributed by atoms with E-state index >= 15 is 0 Å². The van der Waals surface area contributed by atoms with Crippen LogP contribution in [0.25, 0.3) is 0 Å². The number of allylic oxidation sites excluding steroid dienone is 18. The van der Waals surface area contributed by atoms with Gasteiger partial charge in [-0.1, -0.05) is 193 Å². The molecule has 3 atom stereocenters. The van der Waals surface area contributed by atoms with E-state index in [1.807, 2.05) is 36.5 Å². The van der Waals surface area contributed by atoms with E-state index in [2.05, 4.69) is 91.3 Å². The molecule has 0 bridgehead atoms. The molecule has 0 amide bonds. The van der Waals surface area contributed by atoms with Crippen molar-refractivity contribution in [3.8, 4) is 0 Å². The molecule has 0 aromatic heterocycles. The summed E-state index contributed by atoms with van der Waals surface area (Å²) in [7, 11) is -4.77. The van der Waals surface area contributed by atoms with E-state index in [9.17, 15) is 23.8 Å². The Bertz CT molecular complexity index is 1550. The maximum atomic E-state index is 12.6. The van der Waals surface area contributed by atoms with E-state index in [-0.39, 0.29) is 12.8 Å². The van der Waals surface area contributed by atoms with Gasteiger partial charge in [0.15, 0.2) is 6.10 Å². The molecule has 0 rings (SSSR count). The zero-order valence-corrected chi connectivity index (χ0v) is 40.7. The van der Waals surface area contributed by atoms with Gasteiger partial charge in [0.2, 0.25) is 0 Å². The molecule has 0 fully saturated rings. The second-order valence-electron chi connectivity index (χ2n) is 15.6. The molecule has 12 heteroatoms. The molecule has 0 saturated heterocycles. The predicted molar refractivity (Wildman–Crippen MR) is 267 cm³/mol. The van der Waals surface area contributed by atoms with Gasteiger partial charge in [0.25, 0.3) is 0 Å². The predicted octanol–water partition coefficient (Wildman–Crippen LogP) is 13.6. The Morgan fingerprint density at radius 2 is 0.815 bits per heavy atom. The van der Waals surface area contributed by atoms with Crippen LogP contribution in [0.15, 0.2) is 122 Å². The lowest BCUT2D eigenvalue weighted by Gasteiger charge is -2.20. The second-order valence-corrected chi connectivity index (χ2v) is 17.0. The van der Waals surface area contributed by atoms with E-state index in [1.165, 1.54) is 77.0 Å². The van der Waals surface area contributed by atoms with Gasteiger partial charge in [-0.05, 0) is 77.0 Å². The zero-order chi connectivity index (χ0) is 47.7. The molecule has 4 N–H and O–H groups in total. The SMILES string of the molecule is CCCCCCCC=CCC=CCC=CCC=CCC=CCC(=O)O[C@H](COC(=O)CC=CCC=CCC=CCC=CCC=CCCCCCCCC)COP(=O)(O)OC[C@H](N)C(=O)O. The number of carboxylic acids is 1. The lowest BCUT2D eigenvalue weighted by Crippen LogP contribution is -2.34. The average Bonchev–Trinajstić information content (AvgIpc) is 3.28. The summed E-state index contributed by atoms with van der Waals surface area (Å²) in [5.74, 6) is -2.71. The van der Waals surface area contributed by atoms with E-state index in [4.69, 9.17) is 24.8 Å². The number of esters is 2. The van der Waals surface area contributed by atoms with Crippen LogP contribution in [0, 0.1) is 0 Å². The molecule has 0 spiro atoms. The first-order chi connectivity index (χ1) is 31.6. The molecule has 0 saturated carbocycles. The van der Waals surface area contributed by atoms with E-state index in [0.717, 1.165) is 44.9 Å². The molecule has 65 heavy (non-hydrogen) atoms. The van der Waals surface area contributed by atoms with E-state index in [1.54, 1.807) is 12.2 Å². The highest BCUT2D eigenvalue weighted by molar-refractivity contribution is 7.47. The van der Waals surface area contributed by atoms with Crippen LogP contribution in [0.4, 0.5) is 0 Å². The van der Waals surface area contributed by atoms with E-state index < -0.39 is 57.7 Å². The molecule has 11 nitrogen and oxygen atoms in total. The third-order valence-corrected chi connectivity index (χ3v) is 10.4. The number of aliphatic carboxylic acids is 1. The van der Waals surface area contributed by atoms with Gasteiger partial charge in [0.1, 0.15) is 12.6 Å². The quantitative estimate of drug-likeness (QED) is 0.0230. The minimum atomic E-state index is -4.77. The van der Waals surface area contributed by atoms with Crippen LogP contribution in [0.3, 0.4) is 0 Å². The lowest BCUT2D eigenvalue weighted by atomic mass is 10.1. The van der Waals surface area contributed by atoms with Gasteiger partial charge in [-0.25, -0.2) is 4.57 Å². The summed E-state index contributed by atoms with van der Waals surface area (Å²) in [4.78, 5) is 46.0. The van der Waals surface area contributed by atoms with Crippen molar-refractivity contribution in [1.82, 2.24) is 0 Å². The fourth-order valence-electron chi connectivity index (χ4n) is 5.73. The maximum absolute atomic E-state index is 12.6. The van der Waals surface area contributed by atoms with Crippen LogP contribution in [-0.2, 0) is 37.5 Å². The molecule has 0 aliphatic heterocycles. The minimum absolute atomic E-state index is 0.0369. The molecular weight excluding hydrogens is 842 g/mol. The van der Waals surface area contributed by atoms with Crippen molar-refractivity contribution < 1.29 is 47.5 Å². The fraction of sp³-hybridized carbons (Fsp3) is 0.566. The number of hydrogen-bond donors (Lipinski definition) is 3. The Morgan fingerprint density at radius 3 is 1.22 bits per heavy atom. The highest BCUT2D eigenvalue weighted by Crippen LogP contribution is 2.43. The van der Waals surface area contributed by atoms with Crippen LogP contribution in [-0.4, -0.2) is 59.9 Å². The highest BCUT2D eigenvalue weighted by Gasteiger charge is 2.28. The van der Waals surface area contributed by atoms with Crippen molar-refractivity contribution in [3.63, 3.8) is 0 Å². The number of unbranched alkanes of at least 4 members (excludes halogenated alkanes) is 11. The van der Waals surface area contributed by atoms with Crippen LogP contribution in [0.2, 0.25) is 0 Å². The number of hydrogen-bond acceptors (Lipinski definition) is 9. The number of carbonyl (C=O) groups excluding carboxylic acids is 2. The van der Waals surface area contributed by atoms with Crippen molar-refractivity contribution in [2.24, 2.45) is 5.73 Å². The molecule has 0 heterocycles. The van der Waals surface area contributed by atoms with Gasteiger partial charge in [-0.2, -0.15) is 0 Å². The largest absolute Gasteiger partial charge is 0.480 e. The van der Waals surface area contributed by atoms with Crippen LogP contribution < -0.4 is 5.73 Å². The minimum Gasteiger partial charge on any atom is -0.480 e. The number of ether oxygens (including phenoxy) is 2. The fourth-order valence-corrected chi connectivity index (χ4v) is 6.50. The van der Waals surface area contributed by atoms with Crippen molar-refractivity contribution in [2.45, 2.75) is 174 Å². The first kappa shape index (κ1) is 60.9. The second kappa shape index (κ2) is 46.4. The van der Waals surface area contributed by atoms with Crippen molar-refractivity contribution in [2.75, 3.05) is 19.8 Å². The van der Waals surface area contributed by atoms with Gasteiger partial charge >= 0.3 is 25.7 Å². The van der Waals surface area contributed by atoms with Gasteiger partial charge in [-0.15, -0.1) is 0 Å². The molecule has 366 valence electrons. The van der Waals surface area contributed by atoms with Crippen molar-refractivity contribution >= 4 is 25.7 Å². The van der Waals surface area contributed by atoms with Gasteiger partial charge in [0, 0.05) is 0 Å². The number of carboxylic acid groups (broad SMARTS) is 1. The number of carbonyl (C=O) groups is 3. The topological polar surface area (TPSA) is 172 Å². The molecule has 0 aliphatic rings. The number of phosphoric acid groups is 1. The summed E-state index contributed by atoms with van der Waals surface area (Å²) < 4.78 is 32.5. The van der Waals surface area contributed by atoms with Crippen molar-refractivity contribution in [3.05, 3.63) is 122 Å². The van der Waals surface area contributed by atoms with Crippen molar-refractivity contribution in [1.29, 1.82) is 0 Å². The van der Waals surface area contributed by atoms with Gasteiger partial charge in [0.05, 0.1) is 26.1 Å². The molecule has 0 aliphatic carbocycles. The number of phosphoric ester groups is 1. The summed E-state index contributed by atoms with van der Waals surface area (Å²) in [5, 5.41) is 8.90. The highest BCUT2D eigenvalue weighted by atomic mass is 31.2. The number of rotatable bonds is 43. The van der Waals surface area contributed by atoms with Crippen LogP contribution in [0.1, 0.15) is 162 Å². The zero-order valence-electron chi connectivity index (χ0n) is 39.8. The molecule has 0 radical (unpaired) electrons. The smallest absolute Gasteiger partial charge is 0.472 e. The molecular formula is C53H84NO10P. The first-order valence-corrected chi connectivity index (χ1v) is 25.6. The monoisotopic (exact) mass is 926 g/mol. The van der Waals surface area contributed by atoms with Crippen LogP contribution in [0.5, 0.6) is 0 Å². The standard InChI is InChI=1S/C53H84NO10P/c1-3-5-7-9-11-13-15-17-19-21-23-25-27-28-30-32-34-36-38-40-42-44-51(55)61-46-49(47-62-65(59,60)63-48-50(54)53(57)58)64-52(56)45-43-41-39-37-35-33-31-29-26-24-22-20-18-16-14-12-10-8-6-4-2/h16-19,22-25,28-31,34-37,40-43,49-50H,3-15,20-21,26-27,32-33,38-39,44-48,54H2,1-2H3,(H,57,58)(H,59,60)/t49-,50+/m1/s1. The first-order valence-electron chi connectivity index (χ1n) is 24.1. The normalized spacial score (nSPS) is 14.6. The third-order valence-electron chi connectivity index (χ3n) is 9.50. The Labute approximate surface area is 392 Å². The van der Waals surface area contributed by atoms with Crippen LogP contribution >= 0.6 is 7.82 Å². The summed E-state index contributed by atoms with van der Waals surface area (Å²) in [6, 6.07) is -1.55.